The number of carbonyl (C=O) groups is 1. The number of hydrogen-bond acceptors (Lipinski definition) is 4. The highest BCUT2D eigenvalue weighted by Crippen LogP contribution is 2.39. The minimum atomic E-state index is -0.186. The highest BCUT2D eigenvalue weighted by atomic mass is 16.6. The quantitative estimate of drug-likeness (QED) is 0.826. The molecule has 0 aromatic rings. The lowest BCUT2D eigenvalue weighted by Crippen LogP contribution is -2.50. The maximum absolute atomic E-state index is 12.4. The predicted octanol–water partition coefficient (Wildman–Crippen LogP) is 1.41. The maximum atomic E-state index is 12.4. The zero-order valence-corrected chi connectivity index (χ0v) is 11.0. The van der Waals surface area contributed by atoms with E-state index in [1.165, 1.54) is 6.42 Å². The lowest BCUT2D eigenvalue weighted by molar-refractivity contribution is -0.138. The molecule has 18 heavy (non-hydrogen) atoms. The highest BCUT2D eigenvalue weighted by Gasteiger charge is 2.44. The Bertz CT molecular complexity index is 332. The molecule has 3 rings (SSSR count). The molecule has 3 fully saturated rings. The molecule has 102 valence electrons. The van der Waals surface area contributed by atoms with Crippen molar-refractivity contribution in [3.63, 3.8) is 0 Å². The number of carbonyl (C=O) groups excluding carboxylic acids is 1. The summed E-state index contributed by atoms with van der Waals surface area (Å²) in [6, 6.07) is 0. The average molecular weight is 253 g/mol. The fourth-order valence-electron chi connectivity index (χ4n) is 3.46. The van der Waals surface area contributed by atoms with Crippen LogP contribution in [0.5, 0.6) is 0 Å². The van der Waals surface area contributed by atoms with Gasteiger partial charge in [0.05, 0.1) is 12.2 Å². The molecule has 1 aliphatic carbocycles. The van der Waals surface area contributed by atoms with E-state index in [2.05, 4.69) is 0 Å². The minimum absolute atomic E-state index is 0.140. The summed E-state index contributed by atoms with van der Waals surface area (Å²) in [6.45, 7) is 2.11. The molecule has 2 atom stereocenters. The number of ketones is 1. The van der Waals surface area contributed by atoms with E-state index in [4.69, 9.17) is 15.2 Å². The van der Waals surface area contributed by atoms with Gasteiger partial charge in [0, 0.05) is 37.5 Å². The summed E-state index contributed by atoms with van der Waals surface area (Å²) in [5, 5.41) is 0. The summed E-state index contributed by atoms with van der Waals surface area (Å²) < 4.78 is 11.3. The second kappa shape index (κ2) is 4.58. The van der Waals surface area contributed by atoms with Gasteiger partial charge in [0.2, 0.25) is 0 Å². The van der Waals surface area contributed by atoms with Crippen molar-refractivity contribution in [2.45, 2.75) is 56.1 Å². The summed E-state index contributed by atoms with van der Waals surface area (Å²) in [5.41, 5.74) is 5.83. The summed E-state index contributed by atoms with van der Waals surface area (Å²) in [6.07, 6.45) is 6.39. The largest absolute Gasteiger partial charge is 0.378 e. The first kappa shape index (κ1) is 12.6. The molecule has 0 bridgehead atoms. The number of ether oxygens (including phenoxy) is 2. The van der Waals surface area contributed by atoms with Gasteiger partial charge in [-0.15, -0.1) is 0 Å². The first-order valence-corrected chi connectivity index (χ1v) is 7.14. The van der Waals surface area contributed by atoms with Crippen LogP contribution in [-0.2, 0) is 14.3 Å². The average Bonchev–Trinajstić information content (AvgIpc) is 2.75. The third kappa shape index (κ3) is 2.33. The molecule has 3 aliphatic rings. The molecule has 1 saturated carbocycles. The minimum Gasteiger partial charge on any atom is -0.378 e. The van der Waals surface area contributed by atoms with Gasteiger partial charge < -0.3 is 15.2 Å². The predicted molar refractivity (Wildman–Crippen MR) is 67.2 cm³/mol. The third-order valence-corrected chi connectivity index (χ3v) is 4.89. The topological polar surface area (TPSA) is 61.6 Å². The molecule has 0 amide bonds. The monoisotopic (exact) mass is 253 g/mol. The van der Waals surface area contributed by atoms with Gasteiger partial charge >= 0.3 is 0 Å². The number of nitrogens with two attached hydrogens (primary N) is 1. The molecule has 2 heterocycles. The Labute approximate surface area is 108 Å². The molecule has 2 N–H and O–H groups in total. The number of hydrogen-bond donors (Lipinski definition) is 1. The lowest BCUT2D eigenvalue weighted by Gasteiger charge is -2.41. The summed E-state index contributed by atoms with van der Waals surface area (Å²) in [5.74, 6) is 0.494. The van der Waals surface area contributed by atoms with Gasteiger partial charge in [-0.3, -0.25) is 4.79 Å². The zero-order chi connectivity index (χ0) is 12.6. The molecule has 2 unspecified atom stereocenters. The van der Waals surface area contributed by atoms with Crippen molar-refractivity contribution in [1.82, 2.24) is 0 Å². The molecule has 4 heteroatoms. The van der Waals surface area contributed by atoms with E-state index < -0.39 is 0 Å². The van der Waals surface area contributed by atoms with Gasteiger partial charge in [-0.2, -0.15) is 0 Å². The van der Waals surface area contributed by atoms with Crippen molar-refractivity contribution in [2.75, 3.05) is 19.8 Å². The van der Waals surface area contributed by atoms with Gasteiger partial charge in [0.15, 0.2) is 0 Å². The Morgan fingerprint density at radius 3 is 2.72 bits per heavy atom. The Balaban J connectivity index is 1.59. The van der Waals surface area contributed by atoms with Crippen molar-refractivity contribution >= 4 is 5.78 Å². The maximum Gasteiger partial charge on any atom is 0.138 e. The van der Waals surface area contributed by atoms with Crippen molar-refractivity contribution in [2.24, 2.45) is 11.7 Å². The normalized spacial score (nSPS) is 38.6. The summed E-state index contributed by atoms with van der Waals surface area (Å²) in [7, 11) is 0. The van der Waals surface area contributed by atoms with Crippen molar-refractivity contribution in [3.05, 3.63) is 0 Å². The molecule has 4 nitrogen and oxygen atoms in total. The zero-order valence-electron chi connectivity index (χ0n) is 11.0. The second-order valence-electron chi connectivity index (χ2n) is 6.38. The fraction of sp³-hybridized carbons (Fsp3) is 0.929. The molecular formula is C14H23NO3. The highest BCUT2D eigenvalue weighted by molar-refractivity contribution is 5.82. The molecule has 0 aromatic carbocycles. The van der Waals surface area contributed by atoms with Gasteiger partial charge in [-0.05, 0) is 32.1 Å². The van der Waals surface area contributed by atoms with Crippen LogP contribution in [0.4, 0.5) is 0 Å². The van der Waals surface area contributed by atoms with Crippen LogP contribution in [0, 0.1) is 5.92 Å². The smallest absolute Gasteiger partial charge is 0.138 e. The lowest BCUT2D eigenvalue weighted by atomic mass is 9.71. The van der Waals surface area contributed by atoms with Gasteiger partial charge in [0.25, 0.3) is 0 Å². The summed E-state index contributed by atoms with van der Waals surface area (Å²) >= 11 is 0. The van der Waals surface area contributed by atoms with E-state index in [9.17, 15) is 4.79 Å². The van der Waals surface area contributed by atoms with Crippen LogP contribution in [0.2, 0.25) is 0 Å². The number of Topliss-reactive ketones (excluding diaryl/α,β-unsaturated/α-hetero) is 1. The van der Waals surface area contributed by atoms with E-state index in [0.717, 1.165) is 38.7 Å². The molecule has 1 spiro atoms. The van der Waals surface area contributed by atoms with E-state index in [1.54, 1.807) is 0 Å². The van der Waals surface area contributed by atoms with Crippen LogP contribution >= 0.6 is 0 Å². The Hall–Kier alpha value is -0.450. The van der Waals surface area contributed by atoms with Gasteiger partial charge in [-0.1, -0.05) is 0 Å². The number of rotatable bonds is 3. The molecular weight excluding hydrogens is 230 g/mol. The van der Waals surface area contributed by atoms with Crippen LogP contribution in [0.3, 0.4) is 0 Å². The van der Waals surface area contributed by atoms with Crippen LogP contribution in [0.1, 0.15) is 44.9 Å². The van der Waals surface area contributed by atoms with Crippen molar-refractivity contribution in [3.8, 4) is 0 Å². The molecule has 0 aromatic heterocycles. The van der Waals surface area contributed by atoms with E-state index in [-0.39, 0.29) is 17.1 Å². The SMILES string of the molecule is NC1(CC(=O)C2CCOC3(CCOC3)C2)CCC1. The molecule has 2 aliphatic heterocycles. The molecule has 2 saturated heterocycles. The Morgan fingerprint density at radius 1 is 1.28 bits per heavy atom. The van der Waals surface area contributed by atoms with Crippen molar-refractivity contribution < 1.29 is 14.3 Å². The third-order valence-electron chi connectivity index (χ3n) is 4.89. The first-order valence-electron chi connectivity index (χ1n) is 7.14. The van der Waals surface area contributed by atoms with Gasteiger partial charge in [0.1, 0.15) is 5.78 Å². The summed E-state index contributed by atoms with van der Waals surface area (Å²) in [4.78, 5) is 12.4. The van der Waals surface area contributed by atoms with Crippen LogP contribution in [0.15, 0.2) is 0 Å². The van der Waals surface area contributed by atoms with E-state index in [1.807, 2.05) is 0 Å². The standard InChI is InChI=1S/C14H23NO3/c15-13(3-1-4-13)9-12(16)11-2-6-18-14(8-11)5-7-17-10-14/h11H,1-10,15H2. The fourth-order valence-corrected chi connectivity index (χ4v) is 3.46. The van der Waals surface area contributed by atoms with E-state index >= 15 is 0 Å². The van der Waals surface area contributed by atoms with Gasteiger partial charge in [-0.25, -0.2) is 0 Å². The van der Waals surface area contributed by atoms with Crippen LogP contribution in [-0.4, -0.2) is 36.7 Å². The first-order chi connectivity index (χ1) is 8.61. The Morgan fingerprint density at radius 2 is 2.11 bits per heavy atom. The van der Waals surface area contributed by atoms with Crippen molar-refractivity contribution in [1.29, 1.82) is 0 Å². The van der Waals surface area contributed by atoms with Crippen LogP contribution in [0.25, 0.3) is 0 Å². The van der Waals surface area contributed by atoms with E-state index in [0.29, 0.717) is 25.4 Å². The Kier molecular flexibility index (Phi) is 3.20. The van der Waals surface area contributed by atoms with Crippen LogP contribution < -0.4 is 5.73 Å². The second-order valence-corrected chi connectivity index (χ2v) is 6.38. The molecule has 0 radical (unpaired) electrons.